The summed E-state index contributed by atoms with van der Waals surface area (Å²) in [7, 11) is -2.24. The number of fused-ring (bicyclic) bond motifs is 1. The first-order valence-corrected chi connectivity index (χ1v) is 11.6. The van der Waals surface area contributed by atoms with Gasteiger partial charge in [-0.05, 0) is 53.9 Å². The minimum absolute atomic E-state index is 0.161. The third kappa shape index (κ3) is 4.25. The molecule has 1 N–H and O–H groups in total. The number of nitrogens with zero attached hydrogens (tertiary/aromatic N) is 1. The van der Waals surface area contributed by atoms with Crippen molar-refractivity contribution in [2.24, 2.45) is 0 Å². The number of sulfone groups is 1. The van der Waals surface area contributed by atoms with Gasteiger partial charge < -0.3 is 10.1 Å². The fourth-order valence-corrected chi connectivity index (χ4v) is 4.89. The number of ether oxygens (including phenoxy) is 1. The lowest BCUT2D eigenvalue weighted by Crippen LogP contribution is -2.10. The molecule has 6 heteroatoms. The van der Waals surface area contributed by atoms with Gasteiger partial charge in [0.25, 0.3) is 0 Å². The van der Waals surface area contributed by atoms with E-state index in [1.54, 1.807) is 31.4 Å². The lowest BCUT2D eigenvalue weighted by Gasteiger charge is -2.16. The zero-order valence-electron chi connectivity index (χ0n) is 17.5. The van der Waals surface area contributed by atoms with E-state index in [1.165, 1.54) is 6.20 Å². The molecule has 0 aliphatic rings. The van der Waals surface area contributed by atoms with Crippen molar-refractivity contribution in [2.75, 3.05) is 12.4 Å². The van der Waals surface area contributed by atoms with Crippen LogP contribution in [0, 0.1) is 0 Å². The van der Waals surface area contributed by atoms with Crippen LogP contribution < -0.4 is 10.1 Å². The summed E-state index contributed by atoms with van der Waals surface area (Å²) >= 11 is 0. The van der Waals surface area contributed by atoms with E-state index in [2.05, 4.69) is 17.2 Å². The predicted octanol–water partition coefficient (Wildman–Crippen LogP) is 5.25. The minimum atomic E-state index is -3.79. The van der Waals surface area contributed by atoms with Crippen LogP contribution >= 0.6 is 0 Å². The van der Waals surface area contributed by atoms with Crippen LogP contribution in [0.1, 0.15) is 18.1 Å². The summed E-state index contributed by atoms with van der Waals surface area (Å²) in [5, 5.41) is 4.17. The van der Waals surface area contributed by atoms with Crippen molar-refractivity contribution >= 4 is 26.4 Å². The molecule has 1 heterocycles. The van der Waals surface area contributed by atoms with Crippen molar-refractivity contribution in [2.45, 2.75) is 29.7 Å². The summed E-state index contributed by atoms with van der Waals surface area (Å²) in [4.78, 5) is 4.81. The number of aryl methyl sites for hydroxylation is 1. The average Bonchev–Trinajstić information content (AvgIpc) is 2.82. The Hall–Kier alpha value is -3.38. The van der Waals surface area contributed by atoms with Gasteiger partial charge in [0.05, 0.1) is 23.2 Å². The maximum absolute atomic E-state index is 13.5. The molecule has 0 unspecified atom stereocenters. The van der Waals surface area contributed by atoms with Gasteiger partial charge in [-0.2, -0.15) is 0 Å². The molecule has 0 saturated carbocycles. The van der Waals surface area contributed by atoms with Crippen LogP contribution in [0.4, 0.5) is 5.69 Å². The van der Waals surface area contributed by atoms with Gasteiger partial charge in [0.1, 0.15) is 10.6 Å². The van der Waals surface area contributed by atoms with Crippen molar-refractivity contribution < 1.29 is 13.2 Å². The first kappa shape index (κ1) is 20.9. The lowest BCUT2D eigenvalue weighted by molar-refractivity contribution is 0.414. The number of hydrogen-bond donors (Lipinski definition) is 1. The van der Waals surface area contributed by atoms with Crippen LogP contribution in [0.3, 0.4) is 0 Å². The zero-order chi connectivity index (χ0) is 21.8. The Bertz CT molecular complexity index is 1300. The molecule has 0 bridgehead atoms. The van der Waals surface area contributed by atoms with E-state index in [0.29, 0.717) is 18.0 Å². The molecule has 0 amide bonds. The van der Waals surface area contributed by atoms with E-state index in [4.69, 9.17) is 4.74 Å². The topological polar surface area (TPSA) is 68.3 Å². The second kappa shape index (κ2) is 8.78. The number of nitrogens with one attached hydrogen (secondary N) is 1. The molecule has 0 radical (unpaired) electrons. The number of benzene rings is 3. The highest BCUT2D eigenvalue weighted by Crippen LogP contribution is 2.34. The van der Waals surface area contributed by atoms with E-state index in [9.17, 15) is 8.42 Å². The smallest absolute Gasteiger partial charge is 0.210 e. The largest absolute Gasteiger partial charge is 0.497 e. The average molecular weight is 433 g/mol. The molecule has 158 valence electrons. The van der Waals surface area contributed by atoms with Crippen LogP contribution in [0.2, 0.25) is 0 Å². The quantitative estimate of drug-likeness (QED) is 0.432. The monoisotopic (exact) mass is 432 g/mol. The maximum Gasteiger partial charge on any atom is 0.210 e. The van der Waals surface area contributed by atoms with Gasteiger partial charge in [-0.15, -0.1) is 0 Å². The molecule has 4 aromatic rings. The van der Waals surface area contributed by atoms with Gasteiger partial charge in [0.15, 0.2) is 0 Å². The Labute approximate surface area is 182 Å². The highest BCUT2D eigenvalue weighted by atomic mass is 32.2. The van der Waals surface area contributed by atoms with Gasteiger partial charge in [-0.1, -0.05) is 43.3 Å². The number of anilines is 1. The third-order valence-corrected chi connectivity index (χ3v) is 7.06. The van der Waals surface area contributed by atoms with Crippen LogP contribution in [0.5, 0.6) is 5.75 Å². The van der Waals surface area contributed by atoms with Crippen molar-refractivity contribution in [1.29, 1.82) is 0 Å². The molecule has 0 saturated heterocycles. The van der Waals surface area contributed by atoms with Crippen LogP contribution in [0.15, 0.2) is 88.8 Å². The number of methoxy groups -OCH3 is 1. The molecular weight excluding hydrogens is 408 g/mol. The molecule has 4 rings (SSSR count). The van der Waals surface area contributed by atoms with Crippen LogP contribution in [-0.4, -0.2) is 20.5 Å². The van der Waals surface area contributed by atoms with E-state index in [-0.39, 0.29) is 9.79 Å². The number of aromatic nitrogens is 1. The summed E-state index contributed by atoms with van der Waals surface area (Å²) < 4.78 is 32.2. The van der Waals surface area contributed by atoms with E-state index < -0.39 is 9.84 Å². The summed E-state index contributed by atoms with van der Waals surface area (Å²) in [6.45, 7) is 2.57. The molecule has 0 aliphatic carbocycles. The van der Waals surface area contributed by atoms with E-state index >= 15 is 0 Å². The third-order valence-electron chi connectivity index (χ3n) is 5.28. The van der Waals surface area contributed by atoms with Crippen molar-refractivity contribution in [3.05, 3.63) is 90.1 Å². The fourth-order valence-electron chi connectivity index (χ4n) is 3.50. The second-order valence-electron chi connectivity index (χ2n) is 7.22. The molecule has 0 atom stereocenters. The normalized spacial score (nSPS) is 11.4. The van der Waals surface area contributed by atoms with Gasteiger partial charge in [0, 0.05) is 18.1 Å². The molecule has 3 aromatic carbocycles. The molecule has 1 aromatic heterocycles. The number of pyridine rings is 1. The molecule has 5 nitrogen and oxygen atoms in total. The first-order chi connectivity index (χ1) is 15.0. The zero-order valence-corrected chi connectivity index (χ0v) is 18.3. The van der Waals surface area contributed by atoms with Crippen LogP contribution in [0.25, 0.3) is 10.9 Å². The summed E-state index contributed by atoms with van der Waals surface area (Å²) in [5.74, 6) is 0.602. The summed E-state index contributed by atoms with van der Waals surface area (Å²) in [6, 6.07) is 22.3. The van der Waals surface area contributed by atoms with Crippen molar-refractivity contribution in [3.63, 3.8) is 0 Å². The standard InChI is InChI=1S/C25H24N2O3S/c1-3-18-9-14-23-22(15-18)25(27-16-19-7-5-4-6-8-19)24(17-26-23)31(28,29)21-12-10-20(30-2)11-13-21/h4-15,17H,3,16H2,1-2H3,(H,26,27). The molecule has 0 aliphatic heterocycles. The SMILES string of the molecule is CCc1ccc2ncc(S(=O)(=O)c3ccc(OC)cc3)c(NCc3ccccc3)c2c1. The van der Waals surface area contributed by atoms with Crippen LogP contribution in [-0.2, 0) is 22.8 Å². The minimum Gasteiger partial charge on any atom is -0.497 e. The Balaban J connectivity index is 1.86. The van der Waals surface area contributed by atoms with Gasteiger partial charge in [-0.25, -0.2) is 8.42 Å². The Morgan fingerprint density at radius 1 is 0.935 bits per heavy atom. The van der Waals surface area contributed by atoms with Crippen molar-refractivity contribution in [1.82, 2.24) is 4.98 Å². The van der Waals surface area contributed by atoms with Crippen molar-refractivity contribution in [3.8, 4) is 5.75 Å². The second-order valence-corrected chi connectivity index (χ2v) is 9.14. The van der Waals surface area contributed by atoms with Gasteiger partial charge in [-0.3, -0.25) is 4.98 Å². The molecular formula is C25H24N2O3S. The summed E-state index contributed by atoms with van der Waals surface area (Å²) in [6.07, 6.45) is 2.30. The molecule has 0 fully saturated rings. The maximum atomic E-state index is 13.5. The summed E-state index contributed by atoms with van der Waals surface area (Å²) in [5.41, 5.74) is 3.50. The number of rotatable bonds is 7. The Morgan fingerprint density at radius 2 is 1.68 bits per heavy atom. The fraction of sp³-hybridized carbons (Fsp3) is 0.160. The predicted molar refractivity (Wildman–Crippen MR) is 123 cm³/mol. The molecule has 31 heavy (non-hydrogen) atoms. The van der Waals surface area contributed by atoms with Gasteiger partial charge in [0.2, 0.25) is 9.84 Å². The Kier molecular flexibility index (Phi) is 5.91. The van der Waals surface area contributed by atoms with E-state index in [0.717, 1.165) is 28.5 Å². The Morgan fingerprint density at radius 3 is 2.35 bits per heavy atom. The number of hydrogen-bond acceptors (Lipinski definition) is 5. The highest BCUT2D eigenvalue weighted by Gasteiger charge is 2.24. The lowest BCUT2D eigenvalue weighted by atomic mass is 10.1. The van der Waals surface area contributed by atoms with E-state index in [1.807, 2.05) is 48.5 Å². The first-order valence-electron chi connectivity index (χ1n) is 10.1. The van der Waals surface area contributed by atoms with Gasteiger partial charge >= 0.3 is 0 Å². The molecule has 0 spiro atoms. The highest BCUT2D eigenvalue weighted by molar-refractivity contribution is 7.91.